The van der Waals surface area contributed by atoms with Crippen molar-refractivity contribution >= 4 is 33.6 Å². The lowest BCUT2D eigenvalue weighted by Gasteiger charge is -2.01. The maximum atomic E-state index is 13.2. The third-order valence-electron chi connectivity index (χ3n) is 3.14. The third kappa shape index (κ3) is 1.79. The first-order chi connectivity index (χ1) is 9.61. The fraction of sp³-hybridized carbons (Fsp3) is 0.133. The monoisotopic (exact) mass is 273 g/mol. The zero-order chi connectivity index (χ0) is 14.3. The van der Waals surface area contributed by atoms with E-state index in [1.54, 1.807) is 25.1 Å². The van der Waals surface area contributed by atoms with Gasteiger partial charge in [-0.1, -0.05) is 6.07 Å². The van der Waals surface area contributed by atoms with E-state index in [-0.39, 0.29) is 23.9 Å². The summed E-state index contributed by atoms with van der Waals surface area (Å²) in [5.74, 6) is -0.845. The lowest BCUT2D eigenvalue weighted by molar-refractivity contribution is 0.0529. The Balaban J connectivity index is 2.32. The smallest absolute Gasteiger partial charge is 0.344 e. The minimum Gasteiger partial charge on any atom is -0.462 e. The van der Waals surface area contributed by atoms with Gasteiger partial charge in [-0.05, 0) is 36.6 Å². The highest BCUT2D eigenvalue weighted by molar-refractivity contribution is 6.14. The molecule has 3 aromatic rings. The molecule has 0 saturated carbocycles. The van der Waals surface area contributed by atoms with Crippen LogP contribution in [-0.2, 0) is 4.74 Å². The normalized spacial score (nSPS) is 11.1. The molecule has 1 heterocycles. The molecule has 0 spiro atoms. The van der Waals surface area contributed by atoms with Crippen molar-refractivity contribution in [3.05, 3.63) is 41.7 Å². The topological polar surface area (TPSA) is 65.5 Å². The maximum Gasteiger partial charge on any atom is 0.344 e. The molecule has 102 valence electrons. The number of ether oxygens (including phenoxy) is 1. The summed E-state index contributed by atoms with van der Waals surface area (Å²) < 4.78 is 23.7. The van der Waals surface area contributed by atoms with Crippen LogP contribution in [-0.4, -0.2) is 12.6 Å². The molecule has 1 aromatic heterocycles. The fourth-order valence-electron chi connectivity index (χ4n) is 2.29. The van der Waals surface area contributed by atoms with Crippen LogP contribution in [0.25, 0.3) is 21.7 Å². The van der Waals surface area contributed by atoms with Gasteiger partial charge in [-0.15, -0.1) is 0 Å². The van der Waals surface area contributed by atoms with Gasteiger partial charge in [-0.25, -0.2) is 9.18 Å². The summed E-state index contributed by atoms with van der Waals surface area (Å²) in [5.41, 5.74) is 6.44. The maximum absolute atomic E-state index is 13.2. The lowest BCUT2D eigenvalue weighted by atomic mass is 10.1. The molecule has 0 bridgehead atoms. The van der Waals surface area contributed by atoms with E-state index in [1.807, 2.05) is 0 Å². The number of esters is 1. The highest BCUT2D eigenvalue weighted by atomic mass is 19.1. The average Bonchev–Trinajstić information content (AvgIpc) is 2.75. The van der Waals surface area contributed by atoms with E-state index in [2.05, 4.69) is 0 Å². The van der Waals surface area contributed by atoms with Crippen molar-refractivity contribution in [3.8, 4) is 0 Å². The number of fused-ring (bicyclic) bond motifs is 3. The van der Waals surface area contributed by atoms with Gasteiger partial charge in [-0.2, -0.15) is 0 Å². The molecular weight excluding hydrogens is 261 g/mol. The van der Waals surface area contributed by atoms with Crippen LogP contribution in [0.3, 0.4) is 0 Å². The van der Waals surface area contributed by atoms with Crippen molar-refractivity contribution in [3.63, 3.8) is 0 Å². The lowest BCUT2D eigenvalue weighted by Crippen LogP contribution is -2.06. The van der Waals surface area contributed by atoms with Crippen LogP contribution < -0.4 is 5.73 Å². The van der Waals surface area contributed by atoms with Crippen LogP contribution >= 0.6 is 0 Å². The van der Waals surface area contributed by atoms with E-state index in [0.29, 0.717) is 21.7 Å². The number of halogens is 1. The molecule has 20 heavy (non-hydrogen) atoms. The molecule has 4 nitrogen and oxygen atoms in total. The number of furan rings is 1. The Morgan fingerprint density at radius 1 is 1.30 bits per heavy atom. The number of hydrogen-bond acceptors (Lipinski definition) is 4. The number of nitrogen functional groups attached to an aromatic ring is 1. The van der Waals surface area contributed by atoms with Gasteiger partial charge in [-0.3, -0.25) is 0 Å². The van der Waals surface area contributed by atoms with Crippen molar-refractivity contribution < 1.29 is 18.3 Å². The molecule has 0 atom stereocenters. The summed E-state index contributed by atoms with van der Waals surface area (Å²) >= 11 is 0. The molecule has 0 unspecified atom stereocenters. The van der Waals surface area contributed by atoms with Gasteiger partial charge in [0, 0.05) is 10.8 Å². The number of benzene rings is 2. The van der Waals surface area contributed by atoms with Gasteiger partial charge in [0.1, 0.15) is 17.0 Å². The molecule has 3 rings (SSSR count). The SMILES string of the molecule is CCOC(=O)c1c(N)oc2c1ccc1cc(F)ccc12. The molecule has 0 amide bonds. The molecule has 0 saturated heterocycles. The van der Waals surface area contributed by atoms with Crippen LogP contribution in [0.4, 0.5) is 10.3 Å². The molecule has 0 aliphatic carbocycles. The van der Waals surface area contributed by atoms with E-state index in [9.17, 15) is 9.18 Å². The van der Waals surface area contributed by atoms with Crippen molar-refractivity contribution in [2.75, 3.05) is 12.3 Å². The van der Waals surface area contributed by atoms with E-state index in [1.165, 1.54) is 12.1 Å². The van der Waals surface area contributed by atoms with Crippen LogP contribution in [0.2, 0.25) is 0 Å². The number of hydrogen-bond donors (Lipinski definition) is 1. The number of rotatable bonds is 2. The minimum atomic E-state index is -0.523. The number of carbonyl (C=O) groups excluding carboxylic acids is 1. The van der Waals surface area contributed by atoms with Crippen molar-refractivity contribution in [2.24, 2.45) is 0 Å². The Morgan fingerprint density at radius 2 is 2.05 bits per heavy atom. The average molecular weight is 273 g/mol. The number of nitrogens with two attached hydrogens (primary N) is 1. The number of anilines is 1. The standard InChI is InChI=1S/C15H12FNO3/c1-2-19-15(18)12-11-5-3-8-7-9(16)4-6-10(8)13(11)20-14(12)17/h3-7H,2,17H2,1H3. The fourth-order valence-corrected chi connectivity index (χ4v) is 2.29. The zero-order valence-electron chi connectivity index (χ0n) is 10.8. The van der Waals surface area contributed by atoms with Crippen molar-refractivity contribution in [1.29, 1.82) is 0 Å². The number of carbonyl (C=O) groups is 1. The summed E-state index contributed by atoms with van der Waals surface area (Å²) in [6, 6.07) is 7.74. The van der Waals surface area contributed by atoms with Gasteiger partial charge in [0.25, 0.3) is 0 Å². The van der Waals surface area contributed by atoms with E-state index in [4.69, 9.17) is 14.9 Å². The van der Waals surface area contributed by atoms with Gasteiger partial charge in [0.15, 0.2) is 0 Å². The van der Waals surface area contributed by atoms with Gasteiger partial charge in [0.2, 0.25) is 5.88 Å². The summed E-state index contributed by atoms with van der Waals surface area (Å²) in [5, 5.41) is 1.95. The predicted molar refractivity (Wildman–Crippen MR) is 74.0 cm³/mol. The molecule has 0 fully saturated rings. The van der Waals surface area contributed by atoms with Gasteiger partial charge < -0.3 is 14.9 Å². The second-order valence-corrected chi connectivity index (χ2v) is 4.37. The molecule has 5 heteroatoms. The Labute approximate surface area is 113 Å². The van der Waals surface area contributed by atoms with Crippen LogP contribution in [0.15, 0.2) is 34.7 Å². The summed E-state index contributed by atoms with van der Waals surface area (Å²) in [4.78, 5) is 11.9. The Bertz CT molecular complexity index is 823. The first-order valence-corrected chi connectivity index (χ1v) is 6.19. The Kier molecular flexibility index (Phi) is 2.82. The second kappa shape index (κ2) is 4.52. The van der Waals surface area contributed by atoms with Crippen LogP contribution in [0.5, 0.6) is 0 Å². The molecule has 0 radical (unpaired) electrons. The minimum absolute atomic E-state index is 0.00951. The van der Waals surface area contributed by atoms with Crippen molar-refractivity contribution in [1.82, 2.24) is 0 Å². The first kappa shape index (κ1) is 12.5. The molecule has 0 aliphatic rings. The quantitative estimate of drug-likeness (QED) is 0.726. The van der Waals surface area contributed by atoms with E-state index in [0.717, 1.165) is 0 Å². The predicted octanol–water partition coefficient (Wildman–Crippen LogP) is 3.48. The Hall–Kier alpha value is -2.56. The molecular formula is C15H12FNO3. The van der Waals surface area contributed by atoms with E-state index >= 15 is 0 Å². The molecule has 2 N–H and O–H groups in total. The van der Waals surface area contributed by atoms with Crippen molar-refractivity contribution in [2.45, 2.75) is 6.92 Å². The highest BCUT2D eigenvalue weighted by Gasteiger charge is 2.21. The first-order valence-electron chi connectivity index (χ1n) is 6.19. The summed E-state index contributed by atoms with van der Waals surface area (Å²) in [6.45, 7) is 1.97. The highest BCUT2D eigenvalue weighted by Crippen LogP contribution is 2.34. The van der Waals surface area contributed by atoms with E-state index < -0.39 is 5.97 Å². The summed E-state index contributed by atoms with van der Waals surface area (Å²) in [7, 11) is 0. The molecule has 2 aromatic carbocycles. The second-order valence-electron chi connectivity index (χ2n) is 4.37. The summed E-state index contributed by atoms with van der Waals surface area (Å²) in [6.07, 6.45) is 0. The largest absolute Gasteiger partial charge is 0.462 e. The van der Waals surface area contributed by atoms with Crippen LogP contribution in [0.1, 0.15) is 17.3 Å². The zero-order valence-corrected chi connectivity index (χ0v) is 10.8. The van der Waals surface area contributed by atoms with Gasteiger partial charge >= 0.3 is 5.97 Å². The van der Waals surface area contributed by atoms with Crippen LogP contribution in [0, 0.1) is 5.82 Å². The third-order valence-corrected chi connectivity index (χ3v) is 3.14. The van der Waals surface area contributed by atoms with Gasteiger partial charge in [0.05, 0.1) is 6.61 Å². The Morgan fingerprint density at radius 3 is 2.80 bits per heavy atom. The molecule has 0 aliphatic heterocycles.